The summed E-state index contributed by atoms with van der Waals surface area (Å²) in [5.41, 5.74) is 3.05. The highest BCUT2D eigenvalue weighted by Gasteiger charge is 2.35. The van der Waals surface area contributed by atoms with Gasteiger partial charge in [0, 0.05) is 12.6 Å². The van der Waals surface area contributed by atoms with E-state index in [1.54, 1.807) is 11.1 Å². The van der Waals surface area contributed by atoms with Crippen molar-refractivity contribution < 1.29 is 4.74 Å². The van der Waals surface area contributed by atoms with E-state index in [9.17, 15) is 0 Å². The molecule has 2 nitrogen and oxygen atoms in total. The highest BCUT2D eigenvalue weighted by Crippen LogP contribution is 2.37. The third kappa shape index (κ3) is 3.67. The standard InChI is InChI=1S/C19H31NO/c1-5-19(3,21-6-2)18(20-4)14-16-12-9-11-15-10-7-8-13-17(15)16/h7-8,10,13,16,18,20H,5-6,9,11-12,14H2,1-4H3. The topological polar surface area (TPSA) is 21.3 Å². The van der Waals surface area contributed by atoms with Gasteiger partial charge < -0.3 is 10.1 Å². The van der Waals surface area contributed by atoms with E-state index < -0.39 is 0 Å². The van der Waals surface area contributed by atoms with Crippen molar-refractivity contribution >= 4 is 0 Å². The van der Waals surface area contributed by atoms with E-state index in [0.29, 0.717) is 12.0 Å². The van der Waals surface area contributed by atoms with Crippen LogP contribution in [0.25, 0.3) is 0 Å². The van der Waals surface area contributed by atoms with Crippen molar-refractivity contribution in [3.8, 4) is 0 Å². The normalized spacial score (nSPS) is 22.4. The molecule has 1 N–H and O–H groups in total. The van der Waals surface area contributed by atoms with Gasteiger partial charge in [-0.1, -0.05) is 31.2 Å². The Labute approximate surface area is 130 Å². The summed E-state index contributed by atoms with van der Waals surface area (Å²) in [6, 6.07) is 9.40. The van der Waals surface area contributed by atoms with Crippen molar-refractivity contribution in [3.05, 3.63) is 35.4 Å². The predicted octanol–water partition coefficient (Wildman–Crippen LogP) is 4.29. The smallest absolute Gasteiger partial charge is 0.0804 e. The van der Waals surface area contributed by atoms with Crippen LogP contribution in [0.2, 0.25) is 0 Å². The lowest BCUT2D eigenvalue weighted by Gasteiger charge is -2.39. The van der Waals surface area contributed by atoms with E-state index in [4.69, 9.17) is 4.74 Å². The van der Waals surface area contributed by atoms with E-state index in [2.05, 4.69) is 57.4 Å². The molecule has 1 aromatic carbocycles. The van der Waals surface area contributed by atoms with Crippen LogP contribution in [0.15, 0.2) is 24.3 Å². The zero-order valence-electron chi connectivity index (χ0n) is 14.1. The van der Waals surface area contributed by atoms with Crippen LogP contribution < -0.4 is 5.32 Å². The average Bonchev–Trinajstić information content (AvgIpc) is 2.52. The van der Waals surface area contributed by atoms with Crippen LogP contribution in [0, 0.1) is 0 Å². The second-order valence-corrected chi connectivity index (χ2v) is 6.46. The summed E-state index contributed by atoms with van der Waals surface area (Å²) < 4.78 is 6.10. The molecule has 3 atom stereocenters. The Morgan fingerprint density at radius 3 is 2.76 bits per heavy atom. The lowest BCUT2D eigenvalue weighted by molar-refractivity contribution is -0.0570. The highest BCUT2D eigenvalue weighted by atomic mass is 16.5. The van der Waals surface area contributed by atoms with Crippen LogP contribution in [0.3, 0.4) is 0 Å². The van der Waals surface area contributed by atoms with Crippen molar-refractivity contribution in [2.45, 2.75) is 70.4 Å². The molecule has 0 amide bonds. The van der Waals surface area contributed by atoms with Gasteiger partial charge in [0.25, 0.3) is 0 Å². The van der Waals surface area contributed by atoms with Gasteiger partial charge in [-0.15, -0.1) is 0 Å². The van der Waals surface area contributed by atoms with Gasteiger partial charge in [-0.3, -0.25) is 0 Å². The van der Waals surface area contributed by atoms with Gasteiger partial charge in [-0.25, -0.2) is 0 Å². The molecule has 118 valence electrons. The first-order chi connectivity index (χ1) is 10.1. The van der Waals surface area contributed by atoms with Gasteiger partial charge in [0.05, 0.1) is 5.60 Å². The molecule has 0 radical (unpaired) electrons. The fourth-order valence-electron chi connectivity index (χ4n) is 3.84. The Bertz CT molecular complexity index is 445. The van der Waals surface area contributed by atoms with Gasteiger partial charge in [-0.2, -0.15) is 0 Å². The molecule has 0 saturated carbocycles. The Kier molecular flexibility index (Phi) is 5.83. The second kappa shape index (κ2) is 7.42. The van der Waals surface area contributed by atoms with Crippen molar-refractivity contribution in [2.75, 3.05) is 13.7 Å². The number of aryl methyl sites for hydroxylation is 1. The van der Waals surface area contributed by atoms with Gasteiger partial charge >= 0.3 is 0 Å². The van der Waals surface area contributed by atoms with E-state index in [1.807, 2.05) is 0 Å². The number of ether oxygens (including phenoxy) is 1. The molecule has 2 rings (SSSR count). The maximum Gasteiger partial charge on any atom is 0.0804 e. The molecule has 0 saturated heterocycles. The number of benzene rings is 1. The molecule has 0 spiro atoms. The number of hydrogen-bond acceptors (Lipinski definition) is 2. The highest BCUT2D eigenvalue weighted by molar-refractivity contribution is 5.32. The van der Waals surface area contributed by atoms with Crippen molar-refractivity contribution in [2.24, 2.45) is 0 Å². The van der Waals surface area contributed by atoms with Crippen molar-refractivity contribution in [1.29, 1.82) is 0 Å². The molecule has 0 bridgehead atoms. The molecule has 2 heteroatoms. The molecule has 1 aliphatic rings. The Balaban J connectivity index is 2.16. The zero-order chi connectivity index (χ0) is 15.3. The third-order valence-electron chi connectivity index (χ3n) is 5.28. The molecule has 0 aromatic heterocycles. The largest absolute Gasteiger partial charge is 0.374 e. The molecular weight excluding hydrogens is 258 g/mol. The lowest BCUT2D eigenvalue weighted by Crippen LogP contribution is -2.50. The third-order valence-corrected chi connectivity index (χ3v) is 5.28. The van der Waals surface area contributed by atoms with Gasteiger partial charge in [-0.05, 0) is 70.0 Å². The monoisotopic (exact) mass is 289 g/mol. The van der Waals surface area contributed by atoms with Crippen molar-refractivity contribution in [3.63, 3.8) is 0 Å². The maximum atomic E-state index is 6.10. The molecule has 0 aliphatic heterocycles. The van der Waals surface area contributed by atoms with Gasteiger partial charge in [0.15, 0.2) is 0 Å². The van der Waals surface area contributed by atoms with Crippen LogP contribution in [-0.4, -0.2) is 25.3 Å². The number of likely N-dealkylation sites (N-methyl/N-ethyl adjacent to an activating group) is 1. The van der Waals surface area contributed by atoms with Crippen LogP contribution in [-0.2, 0) is 11.2 Å². The molecule has 3 unspecified atom stereocenters. The SMILES string of the molecule is CCOC(C)(CC)C(CC1CCCc2ccccc21)NC. The summed E-state index contributed by atoms with van der Waals surface area (Å²) >= 11 is 0. The summed E-state index contributed by atoms with van der Waals surface area (Å²) in [6.45, 7) is 7.36. The van der Waals surface area contributed by atoms with E-state index in [1.165, 1.54) is 19.3 Å². The average molecular weight is 289 g/mol. The van der Waals surface area contributed by atoms with E-state index >= 15 is 0 Å². The summed E-state index contributed by atoms with van der Waals surface area (Å²) in [5.74, 6) is 0.665. The molecular formula is C19H31NO. The molecule has 0 fully saturated rings. The minimum absolute atomic E-state index is 0.0735. The summed E-state index contributed by atoms with van der Waals surface area (Å²) in [6.07, 6.45) is 6.07. The van der Waals surface area contributed by atoms with Crippen LogP contribution >= 0.6 is 0 Å². The molecule has 0 heterocycles. The van der Waals surface area contributed by atoms with Gasteiger partial charge in [0.1, 0.15) is 0 Å². The maximum absolute atomic E-state index is 6.10. The first-order valence-electron chi connectivity index (χ1n) is 8.53. The number of nitrogens with one attached hydrogen (secondary N) is 1. The van der Waals surface area contributed by atoms with Gasteiger partial charge in [0.2, 0.25) is 0 Å². The second-order valence-electron chi connectivity index (χ2n) is 6.46. The Hall–Kier alpha value is -0.860. The Morgan fingerprint density at radius 1 is 1.33 bits per heavy atom. The summed E-state index contributed by atoms with van der Waals surface area (Å²) in [4.78, 5) is 0. The molecule has 1 aliphatic carbocycles. The van der Waals surface area contributed by atoms with E-state index in [0.717, 1.165) is 19.4 Å². The quantitative estimate of drug-likeness (QED) is 0.808. The fourth-order valence-corrected chi connectivity index (χ4v) is 3.84. The van der Waals surface area contributed by atoms with Crippen molar-refractivity contribution in [1.82, 2.24) is 5.32 Å². The zero-order valence-corrected chi connectivity index (χ0v) is 14.1. The number of fused-ring (bicyclic) bond motifs is 1. The fraction of sp³-hybridized carbons (Fsp3) is 0.684. The first kappa shape index (κ1) is 16.5. The van der Waals surface area contributed by atoms with E-state index in [-0.39, 0.29) is 5.60 Å². The summed E-state index contributed by atoms with van der Waals surface area (Å²) in [7, 11) is 2.08. The molecule has 21 heavy (non-hydrogen) atoms. The lowest BCUT2D eigenvalue weighted by atomic mass is 9.76. The molecule has 1 aromatic rings. The minimum atomic E-state index is -0.0735. The predicted molar refractivity (Wildman–Crippen MR) is 89.9 cm³/mol. The number of rotatable bonds is 7. The first-order valence-corrected chi connectivity index (χ1v) is 8.53. The number of hydrogen-bond donors (Lipinski definition) is 1. The van der Waals surface area contributed by atoms with Crippen LogP contribution in [0.1, 0.15) is 63.5 Å². The Morgan fingerprint density at radius 2 is 2.10 bits per heavy atom. The van der Waals surface area contributed by atoms with Crippen LogP contribution in [0.4, 0.5) is 0 Å². The summed E-state index contributed by atoms with van der Waals surface area (Å²) in [5, 5.41) is 3.53. The van der Waals surface area contributed by atoms with Crippen LogP contribution in [0.5, 0.6) is 0 Å². The minimum Gasteiger partial charge on any atom is -0.374 e.